The summed E-state index contributed by atoms with van der Waals surface area (Å²) < 4.78 is 5.27. The second-order valence-corrected chi connectivity index (χ2v) is 3.63. The summed E-state index contributed by atoms with van der Waals surface area (Å²) >= 11 is 0. The van der Waals surface area contributed by atoms with E-state index in [-0.39, 0.29) is 0 Å². The van der Waals surface area contributed by atoms with E-state index in [0.29, 0.717) is 18.2 Å². The van der Waals surface area contributed by atoms with Gasteiger partial charge in [0.2, 0.25) is 0 Å². The lowest BCUT2D eigenvalue weighted by Crippen LogP contribution is -2.18. The van der Waals surface area contributed by atoms with Crippen LogP contribution in [0.4, 0.5) is 11.6 Å². The first-order chi connectivity index (χ1) is 7.65. The summed E-state index contributed by atoms with van der Waals surface area (Å²) in [5, 5.41) is 0. The second-order valence-electron chi connectivity index (χ2n) is 3.63. The van der Waals surface area contributed by atoms with Crippen LogP contribution in [-0.4, -0.2) is 17.0 Å². The van der Waals surface area contributed by atoms with Crippen LogP contribution < -0.4 is 10.6 Å². The van der Waals surface area contributed by atoms with Crippen LogP contribution in [0.5, 0.6) is 0 Å². The van der Waals surface area contributed by atoms with E-state index < -0.39 is 0 Å². The first-order valence-corrected chi connectivity index (χ1v) is 5.00. The number of hydrogen-bond donors (Lipinski definition) is 1. The highest BCUT2D eigenvalue weighted by molar-refractivity contribution is 5.46. The van der Waals surface area contributed by atoms with Gasteiger partial charge in [0, 0.05) is 13.1 Å². The van der Waals surface area contributed by atoms with Gasteiger partial charge in [-0.25, -0.2) is 9.97 Å². The van der Waals surface area contributed by atoms with Crippen LogP contribution >= 0.6 is 0 Å². The average molecular weight is 218 g/mol. The molecular formula is C11H14N4O. The van der Waals surface area contributed by atoms with Crippen molar-refractivity contribution in [3.05, 3.63) is 36.0 Å². The van der Waals surface area contributed by atoms with E-state index in [0.717, 1.165) is 11.6 Å². The van der Waals surface area contributed by atoms with Crippen molar-refractivity contribution in [3.63, 3.8) is 0 Å². The molecule has 0 unspecified atom stereocenters. The Morgan fingerprint density at radius 1 is 1.44 bits per heavy atom. The molecule has 0 aliphatic carbocycles. The molecule has 0 bridgehead atoms. The zero-order chi connectivity index (χ0) is 11.5. The van der Waals surface area contributed by atoms with Gasteiger partial charge in [0.15, 0.2) is 0 Å². The van der Waals surface area contributed by atoms with Gasteiger partial charge in [-0.1, -0.05) is 0 Å². The number of rotatable bonds is 3. The molecule has 5 heteroatoms. The van der Waals surface area contributed by atoms with Crippen LogP contribution in [0.25, 0.3) is 0 Å². The number of nitrogens with two attached hydrogens (primary N) is 1. The van der Waals surface area contributed by atoms with E-state index in [4.69, 9.17) is 10.2 Å². The zero-order valence-electron chi connectivity index (χ0n) is 9.34. The summed E-state index contributed by atoms with van der Waals surface area (Å²) in [5.74, 6) is 2.83. The predicted octanol–water partition coefficient (Wildman–Crippen LogP) is 1.60. The lowest BCUT2D eigenvalue weighted by atomic mass is 10.4. The molecule has 2 heterocycles. The maximum Gasteiger partial charge on any atom is 0.134 e. The van der Waals surface area contributed by atoms with Crippen molar-refractivity contribution in [2.24, 2.45) is 0 Å². The number of nitrogen functional groups attached to an aromatic ring is 1. The standard InChI is InChI=1S/C11H14N4O/c1-8-13-10(12)6-11(14-8)15(2)7-9-4-3-5-16-9/h3-6H,7H2,1-2H3,(H2,12,13,14). The fourth-order valence-corrected chi connectivity index (χ4v) is 1.49. The van der Waals surface area contributed by atoms with Crippen LogP contribution in [0, 0.1) is 6.92 Å². The molecule has 0 amide bonds. The summed E-state index contributed by atoms with van der Waals surface area (Å²) in [6.07, 6.45) is 1.66. The fourth-order valence-electron chi connectivity index (χ4n) is 1.49. The maximum absolute atomic E-state index is 5.67. The largest absolute Gasteiger partial charge is 0.467 e. The van der Waals surface area contributed by atoms with Gasteiger partial charge in [-0.15, -0.1) is 0 Å². The maximum atomic E-state index is 5.67. The molecule has 84 valence electrons. The molecule has 0 saturated heterocycles. The third-order valence-electron chi connectivity index (χ3n) is 2.21. The number of aryl methyl sites for hydroxylation is 1. The molecule has 0 aromatic carbocycles. The molecule has 0 atom stereocenters. The van der Waals surface area contributed by atoms with E-state index in [1.165, 1.54) is 0 Å². The third kappa shape index (κ3) is 2.31. The quantitative estimate of drug-likeness (QED) is 0.847. The molecule has 2 rings (SSSR count). The third-order valence-corrected chi connectivity index (χ3v) is 2.21. The predicted molar refractivity (Wildman–Crippen MR) is 62.0 cm³/mol. The lowest BCUT2D eigenvalue weighted by Gasteiger charge is -2.17. The smallest absolute Gasteiger partial charge is 0.134 e. The topological polar surface area (TPSA) is 68.2 Å². The van der Waals surface area contributed by atoms with Gasteiger partial charge in [0.1, 0.15) is 23.2 Å². The average Bonchev–Trinajstić information content (AvgIpc) is 2.68. The van der Waals surface area contributed by atoms with Gasteiger partial charge in [-0.05, 0) is 19.1 Å². The SMILES string of the molecule is Cc1nc(N)cc(N(C)Cc2ccco2)n1. The van der Waals surface area contributed by atoms with E-state index in [2.05, 4.69) is 9.97 Å². The summed E-state index contributed by atoms with van der Waals surface area (Å²) in [5.41, 5.74) is 5.67. The van der Waals surface area contributed by atoms with Crippen LogP contribution in [-0.2, 0) is 6.54 Å². The van der Waals surface area contributed by atoms with E-state index in [1.807, 2.05) is 31.0 Å². The number of anilines is 2. The van der Waals surface area contributed by atoms with Crippen LogP contribution in [0.1, 0.15) is 11.6 Å². The molecule has 0 fully saturated rings. The lowest BCUT2D eigenvalue weighted by molar-refractivity contribution is 0.507. The van der Waals surface area contributed by atoms with Crippen LogP contribution in [0.3, 0.4) is 0 Å². The Bertz CT molecular complexity index is 447. The normalized spacial score (nSPS) is 10.4. The van der Waals surface area contributed by atoms with Crippen molar-refractivity contribution in [1.82, 2.24) is 9.97 Å². The Morgan fingerprint density at radius 2 is 2.25 bits per heavy atom. The molecule has 0 aliphatic rings. The molecule has 2 N–H and O–H groups in total. The summed E-state index contributed by atoms with van der Waals surface area (Å²) in [4.78, 5) is 10.3. The monoisotopic (exact) mass is 218 g/mol. The van der Waals surface area contributed by atoms with Crippen molar-refractivity contribution < 1.29 is 4.42 Å². The first-order valence-electron chi connectivity index (χ1n) is 5.00. The Kier molecular flexibility index (Phi) is 2.76. The minimum absolute atomic E-state index is 0.480. The van der Waals surface area contributed by atoms with Crippen molar-refractivity contribution in [1.29, 1.82) is 0 Å². The molecule has 0 radical (unpaired) electrons. The first kappa shape index (κ1) is 10.5. The Labute approximate surface area is 93.9 Å². The van der Waals surface area contributed by atoms with Gasteiger partial charge in [0.05, 0.1) is 12.8 Å². The molecule has 2 aromatic rings. The molecule has 2 aromatic heterocycles. The van der Waals surface area contributed by atoms with Gasteiger partial charge in [-0.3, -0.25) is 0 Å². The van der Waals surface area contributed by atoms with Crippen molar-refractivity contribution in [2.75, 3.05) is 17.7 Å². The van der Waals surface area contributed by atoms with E-state index >= 15 is 0 Å². The van der Waals surface area contributed by atoms with Crippen LogP contribution in [0.2, 0.25) is 0 Å². The summed E-state index contributed by atoms with van der Waals surface area (Å²) in [6, 6.07) is 5.53. The van der Waals surface area contributed by atoms with Crippen molar-refractivity contribution in [3.8, 4) is 0 Å². The minimum Gasteiger partial charge on any atom is -0.467 e. The number of aromatic nitrogens is 2. The zero-order valence-corrected chi connectivity index (χ0v) is 9.34. The Morgan fingerprint density at radius 3 is 2.88 bits per heavy atom. The summed E-state index contributed by atoms with van der Waals surface area (Å²) in [7, 11) is 1.93. The van der Waals surface area contributed by atoms with Gasteiger partial charge >= 0.3 is 0 Å². The number of nitrogens with zero attached hydrogens (tertiary/aromatic N) is 3. The molecule has 16 heavy (non-hydrogen) atoms. The van der Waals surface area contributed by atoms with Crippen LogP contribution in [0.15, 0.2) is 28.9 Å². The molecule has 0 spiro atoms. The molecule has 5 nitrogen and oxygen atoms in total. The Balaban J connectivity index is 2.17. The highest BCUT2D eigenvalue weighted by atomic mass is 16.3. The minimum atomic E-state index is 0.480. The molecular weight excluding hydrogens is 204 g/mol. The van der Waals surface area contributed by atoms with Gasteiger partial charge < -0.3 is 15.1 Å². The van der Waals surface area contributed by atoms with E-state index in [1.54, 1.807) is 12.3 Å². The number of furan rings is 1. The Hall–Kier alpha value is -2.04. The number of hydrogen-bond acceptors (Lipinski definition) is 5. The molecule has 0 aliphatic heterocycles. The van der Waals surface area contributed by atoms with Crippen molar-refractivity contribution in [2.45, 2.75) is 13.5 Å². The summed E-state index contributed by atoms with van der Waals surface area (Å²) in [6.45, 7) is 2.48. The van der Waals surface area contributed by atoms with Gasteiger partial charge in [0.25, 0.3) is 0 Å². The second kappa shape index (κ2) is 4.22. The molecule has 0 saturated carbocycles. The highest BCUT2D eigenvalue weighted by Crippen LogP contribution is 2.15. The van der Waals surface area contributed by atoms with Crippen molar-refractivity contribution >= 4 is 11.6 Å². The highest BCUT2D eigenvalue weighted by Gasteiger charge is 2.07. The fraction of sp³-hybridized carbons (Fsp3) is 0.273. The van der Waals surface area contributed by atoms with Gasteiger partial charge in [-0.2, -0.15) is 0 Å². The van der Waals surface area contributed by atoms with E-state index in [9.17, 15) is 0 Å².